The summed E-state index contributed by atoms with van der Waals surface area (Å²) in [5.41, 5.74) is 1.33. The summed E-state index contributed by atoms with van der Waals surface area (Å²) in [5, 5.41) is 0. The van der Waals surface area contributed by atoms with Crippen LogP contribution >= 0.6 is 0 Å². The van der Waals surface area contributed by atoms with Gasteiger partial charge >= 0.3 is 0 Å². The van der Waals surface area contributed by atoms with Gasteiger partial charge < -0.3 is 0 Å². The molecule has 0 aliphatic carbocycles. The number of allylic oxidation sites excluding steroid dienone is 1. The number of carbonyl (C=O) groups is 2. The number of hydrogen-bond donors (Lipinski definition) is 0. The maximum atomic E-state index is 11.8. The minimum Gasteiger partial charge on any atom is -0.294 e. The van der Waals surface area contributed by atoms with Gasteiger partial charge in [-0.05, 0) is 12.8 Å². The van der Waals surface area contributed by atoms with E-state index in [0.29, 0.717) is 24.1 Å². The Labute approximate surface area is 90.3 Å². The molecule has 0 unspecified atom stereocenters. The average Bonchev–Trinajstić information content (AvgIpc) is 2.25. The molecule has 1 rings (SSSR count). The highest BCUT2D eigenvalue weighted by Crippen LogP contribution is 2.15. The van der Waals surface area contributed by atoms with E-state index in [1.807, 2.05) is 6.92 Å². The van der Waals surface area contributed by atoms with E-state index in [9.17, 15) is 9.59 Å². The molecule has 15 heavy (non-hydrogen) atoms. The molecule has 0 bridgehead atoms. The van der Waals surface area contributed by atoms with Crippen molar-refractivity contribution in [2.45, 2.75) is 46.0 Å². The van der Waals surface area contributed by atoms with E-state index in [1.54, 1.807) is 6.08 Å². The summed E-state index contributed by atoms with van der Waals surface area (Å²) in [6.07, 6.45) is 5.13. The quantitative estimate of drug-likeness (QED) is 0.695. The van der Waals surface area contributed by atoms with Gasteiger partial charge in [-0.1, -0.05) is 26.3 Å². The van der Waals surface area contributed by atoms with Gasteiger partial charge in [-0.15, -0.1) is 0 Å². The number of ketones is 1. The molecule has 0 aromatic rings. The minimum absolute atomic E-state index is 0.130. The van der Waals surface area contributed by atoms with Crippen molar-refractivity contribution in [3.8, 4) is 0 Å². The molecule has 0 spiro atoms. The minimum atomic E-state index is -0.140. The van der Waals surface area contributed by atoms with Crippen molar-refractivity contribution >= 4 is 17.4 Å². The Bertz CT molecular complexity index is 327. The summed E-state index contributed by atoms with van der Waals surface area (Å²) >= 11 is 0. The summed E-state index contributed by atoms with van der Waals surface area (Å²) in [6.45, 7) is 3.97. The van der Waals surface area contributed by atoms with Crippen LogP contribution in [-0.2, 0) is 9.59 Å². The summed E-state index contributed by atoms with van der Waals surface area (Å²) in [6, 6.07) is 0. The number of Topliss-reactive ketones (excluding diaryl/α,β-unsaturated/α-hetero) is 1. The fourth-order valence-electron chi connectivity index (χ4n) is 1.58. The van der Waals surface area contributed by atoms with Gasteiger partial charge in [0.25, 0.3) is 0 Å². The van der Waals surface area contributed by atoms with Crippen LogP contribution in [0.4, 0.5) is 0 Å². The van der Waals surface area contributed by atoms with Crippen molar-refractivity contribution in [2.24, 2.45) is 4.99 Å². The summed E-state index contributed by atoms with van der Waals surface area (Å²) in [4.78, 5) is 26.7. The third-order valence-corrected chi connectivity index (χ3v) is 2.44. The van der Waals surface area contributed by atoms with Gasteiger partial charge in [0, 0.05) is 18.4 Å². The topological polar surface area (TPSA) is 46.5 Å². The molecule has 0 aromatic heterocycles. The van der Waals surface area contributed by atoms with Crippen LogP contribution in [-0.4, -0.2) is 17.4 Å². The Kier molecular flexibility index (Phi) is 4.40. The second kappa shape index (κ2) is 5.59. The Morgan fingerprint density at radius 1 is 1.47 bits per heavy atom. The number of hydrogen-bond acceptors (Lipinski definition) is 2. The van der Waals surface area contributed by atoms with E-state index in [-0.39, 0.29) is 18.1 Å². The molecule has 0 saturated carbocycles. The van der Waals surface area contributed by atoms with Crippen molar-refractivity contribution in [3.05, 3.63) is 11.6 Å². The average molecular weight is 207 g/mol. The number of dihydropyridines is 1. The number of rotatable bonds is 5. The largest absolute Gasteiger partial charge is 0.294 e. The Hall–Kier alpha value is -1.25. The Balaban J connectivity index is 2.72. The summed E-state index contributed by atoms with van der Waals surface area (Å²) < 4.78 is 0. The van der Waals surface area contributed by atoms with Gasteiger partial charge in [0.05, 0.1) is 5.71 Å². The number of nitrogens with zero attached hydrogens (tertiary/aromatic N) is 1. The first-order chi connectivity index (χ1) is 7.19. The van der Waals surface area contributed by atoms with Crippen LogP contribution in [0.2, 0.25) is 0 Å². The number of unbranched alkanes of at least 4 members (excludes halogenated alkanes) is 1. The highest BCUT2D eigenvalue weighted by molar-refractivity contribution is 6.25. The zero-order valence-electron chi connectivity index (χ0n) is 9.38. The van der Waals surface area contributed by atoms with Crippen LogP contribution in [0.3, 0.4) is 0 Å². The molecule has 0 aromatic carbocycles. The van der Waals surface area contributed by atoms with Crippen LogP contribution in [0.1, 0.15) is 46.0 Å². The van der Waals surface area contributed by atoms with E-state index in [4.69, 9.17) is 0 Å². The first-order valence-electron chi connectivity index (χ1n) is 5.53. The first kappa shape index (κ1) is 11.8. The SMILES string of the molecule is CCCCC(=O)C1=CCC(=O)N=C1CC. The lowest BCUT2D eigenvalue weighted by Gasteiger charge is -2.11. The lowest BCUT2D eigenvalue weighted by Crippen LogP contribution is -2.18. The van der Waals surface area contributed by atoms with Gasteiger partial charge in [0.1, 0.15) is 0 Å². The summed E-state index contributed by atoms with van der Waals surface area (Å²) in [7, 11) is 0. The third-order valence-electron chi connectivity index (χ3n) is 2.44. The second-order valence-corrected chi connectivity index (χ2v) is 3.65. The normalized spacial score (nSPS) is 16.0. The number of amides is 1. The smallest absolute Gasteiger partial charge is 0.249 e. The predicted molar refractivity (Wildman–Crippen MR) is 60.0 cm³/mol. The zero-order chi connectivity index (χ0) is 11.3. The van der Waals surface area contributed by atoms with Crippen molar-refractivity contribution < 1.29 is 9.59 Å². The fraction of sp³-hybridized carbons (Fsp3) is 0.583. The number of carbonyl (C=O) groups excluding carboxylic acids is 2. The van der Waals surface area contributed by atoms with Gasteiger partial charge in [0.15, 0.2) is 5.78 Å². The number of aliphatic imine (C=N–C) groups is 1. The molecule has 0 N–H and O–H groups in total. The first-order valence-corrected chi connectivity index (χ1v) is 5.53. The van der Waals surface area contributed by atoms with Crippen LogP contribution in [0.5, 0.6) is 0 Å². The molecule has 3 heteroatoms. The second-order valence-electron chi connectivity index (χ2n) is 3.65. The maximum Gasteiger partial charge on any atom is 0.249 e. The summed E-state index contributed by atoms with van der Waals surface area (Å²) in [5.74, 6) is -0.0103. The molecule has 1 heterocycles. The monoisotopic (exact) mass is 207 g/mol. The van der Waals surface area contributed by atoms with Crippen molar-refractivity contribution in [2.75, 3.05) is 0 Å². The van der Waals surface area contributed by atoms with Gasteiger partial charge in [-0.25, -0.2) is 4.99 Å². The highest BCUT2D eigenvalue weighted by Gasteiger charge is 2.18. The van der Waals surface area contributed by atoms with E-state index >= 15 is 0 Å². The molecular weight excluding hydrogens is 190 g/mol. The lowest BCUT2D eigenvalue weighted by molar-refractivity contribution is -0.117. The zero-order valence-corrected chi connectivity index (χ0v) is 9.38. The highest BCUT2D eigenvalue weighted by atomic mass is 16.1. The van der Waals surface area contributed by atoms with Crippen molar-refractivity contribution in [3.63, 3.8) is 0 Å². The van der Waals surface area contributed by atoms with E-state index < -0.39 is 0 Å². The molecule has 1 aliphatic rings. The van der Waals surface area contributed by atoms with E-state index in [1.165, 1.54) is 0 Å². The van der Waals surface area contributed by atoms with Crippen LogP contribution < -0.4 is 0 Å². The van der Waals surface area contributed by atoms with E-state index in [2.05, 4.69) is 11.9 Å². The molecule has 82 valence electrons. The van der Waals surface area contributed by atoms with Crippen LogP contribution in [0, 0.1) is 0 Å². The van der Waals surface area contributed by atoms with Crippen LogP contribution in [0.25, 0.3) is 0 Å². The van der Waals surface area contributed by atoms with Gasteiger partial charge in [0.2, 0.25) is 5.91 Å². The van der Waals surface area contributed by atoms with Crippen molar-refractivity contribution in [1.82, 2.24) is 0 Å². The van der Waals surface area contributed by atoms with E-state index in [0.717, 1.165) is 12.8 Å². The lowest BCUT2D eigenvalue weighted by atomic mass is 9.97. The Morgan fingerprint density at radius 3 is 2.80 bits per heavy atom. The standard InChI is InChI=1S/C12H17NO2/c1-3-5-6-11(14)9-7-8-12(15)13-10(9)4-2/h7H,3-6,8H2,1-2H3. The maximum absolute atomic E-state index is 11.8. The van der Waals surface area contributed by atoms with Crippen molar-refractivity contribution in [1.29, 1.82) is 0 Å². The molecule has 1 amide bonds. The molecule has 0 radical (unpaired) electrons. The molecular formula is C12H17NO2. The molecule has 0 fully saturated rings. The predicted octanol–water partition coefficient (Wildman–Crippen LogP) is 2.45. The molecule has 1 aliphatic heterocycles. The molecule has 0 saturated heterocycles. The fourth-order valence-corrected chi connectivity index (χ4v) is 1.58. The Morgan fingerprint density at radius 2 is 2.20 bits per heavy atom. The van der Waals surface area contributed by atoms with Crippen LogP contribution in [0.15, 0.2) is 16.6 Å². The third kappa shape index (κ3) is 3.11. The molecule has 0 atom stereocenters. The van der Waals surface area contributed by atoms with Gasteiger partial charge in [-0.3, -0.25) is 9.59 Å². The molecule has 3 nitrogen and oxygen atoms in total. The van der Waals surface area contributed by atoms with Gasteiger partial charge in [-0.2, -0.15) is 0 Å².